The van der Waals surface area contributed by atoms with Crippen LogP contribution in [0.2, 0.25) is 0 Å². The van der Waals surface area contributed by atoms with Gasteiger partial charge in [0.25, 0.3) is 0 Å². The molecule has 0 saturated heterocycles. The number of nitrogens with one attached hydrogen (secondary N) is 1. The highest BCUT2D eigenvalue weighted by atomic mass is 16.5. The van der Waals surface area contributed by atoms with E-state index in [0.29, 0.717) is 6.04 Å². The maximum absolute atomic E-state index is 5.86. The summed E-state index contributed by atoms with van der Waals surface area (Å²) < 4.78 is 7.81. The van der Waals surface area contributed by atoms with Gasteiger partial charge < -0.3 is 15.0 Å². The summed E-state index contributed by atoms with van der Waals surface area (Å²) in [5, 5.41) is 8.29. The van der Waals surface area contributed by atoms with E-state index in [1.54, 1.807) is 0 Å². The molecule has 1 N–H and O–H groups in total. The van der Waals surface area contributed by atoms with Crippen molar-refractivity contribution in [2.24, 2.45) is 7.05 Å². The average Bonchev–Trinajstić information content (AvgIpc) is 2.69. The predicted molar refractivity (Wildman–Crippen MR) is 93.0 cm³/mol. The third kappa shape index (κ3) is 3.20. The number of aromatic nitrogens is 2. The quantitative estimate of drug-likeness (QED) is 0.942. The fraction of sp³-hybridized carbons (Fsp3) is 0.500. The molecule has 0 bridgehead atoms. The lowest BCUT2D eigenvalue weighted by Crippen LogP contribution is -2.23. The zero-order valence-corrected chi connectivity index (χ0v) is 14.5. The van der Waals surface area contributed by atoms with Gasteiger partial charge in [-0.3, -0.25) is 4.68 Å². The summed E-state index contributed by atoms with van der Waals surface area (Å²) in [6.45, 7) is 3.68. The molecule has 124 valence electrons. The summed E-state index contributed by atoms with van der Waals surface area (Å²) in [4.78, 5) is 2.13. The Morgan fingerprint density at radius 3 is 2.91 bits per heavy atom. The fourth-order valence-electron chi connectivity index (χ4n) is 3.42. The Hall–Kier alpha value is -2.01. The van der Waals surface area contributed by atoms with Crippen LogP contribution in [0.3, 0.4) is 0 Å². The number of fused-ring (bicyclic) bond motifs is 1. The van der Waals surface area contributed by atoms with Crippen LogP contribution in [0.5, 0.6) is 5.75 Å². The minimum absolute atomic E-state index is 0.323. The van der Waals surface area contributed by atoms with E-state index in [1.165, 1.54) is 11.1 Å². The predicted octanol–water partition coefficient (Wildman–Crippen LogP) is 2.80. The largest absolute Gasteiger partial charge is 0.493 e. The Morgan fingerprint density at radius 2 is 2.13 bits per heavy atom. The third-order valence-electron chi connectivity index (χ3n) is 4.45. The smallest absolute Gasteiger partial charge is 0.130 e. The lowest BCUT2D eigenvalue weighted by atomic mass is 10.0. The number of aryl methyl sites for hydroxylation is 2. The van der Waals surface area contributed by atoms with Crippen molar-refractivity contribution in [2.75, 3.05) is 25.6 Å². The first-order valence-electron chi connectivity index (χ1n) is 8.23. The first-order chi connectivity index (χ1) is 11.1. The maximum atomic E-state index is 5.86. The van der Waals surface area contributed by atoms with Crippen molar-refractivity contribution in [3.8, 4) is 5.75 Å². The van der Waals surface area contributed by atoms with Crippen molar-refractivity contribution >= 4 is 5.82 Å². The van der Waals surface area contributed by atoms with Crippen LogP contribution in [0, 0.1) is 6.92 Å². The first-order valence-corrected chi connectivity index (χ1v) is 8.23. The molecule has 0 radical (unpaired) electrons. The molecule has 1 atom stereocenters. The number of ether oxygens (including phenoxy) is 1. The van der Waals surface area contributed by atoms with E-state index < -0.39 is 0 Å². The Morgan fingerprint density at radius 1 is 1.35 bits per heavy atom. The number of rotatable bonds is 4. The number of hydrogen-bond donors (Lipinski definition) is 1. The van der Waals surface area contributed by atoms with Gasteiger partial charge in [0.1, 0.15) is 11.6 Å². The van der Waals surface area contributed by atoms with Crippen LogP contribution in [0.25, 0.3) is 0 Å². The molecule has 23 heavy (non-hydrogen) atoms. The molecule has 5 heteroatoms. The molecule has 1 unspecified atom stereocenters. The van der Waals surface area contributed by atoms with E-state index in [-0.39, 0.29) is 0 Å². The van der Waals surface area contributed by atoms with E-state index in [4.69, 9.17) is 4.74 Å². The molecule has 0 saturated carbocycles. The summed E-state index contributed by atoms with van der Waals surface area (Å²) in [5.41, 5.74) is 3.61. The highest BCUT2D eigenvalue weighted by molar-refractivity contribution is 5.49. The van der Waals surface area contributed by atoms with Gasteiger partial charge in [-0.2, -0.15) is 5.10 Å². The molecule has 2 aromatic rings. The molecular formula is C18H26N4O. The van der Waals surface area contributed by atoms with Crippen LogP contribution in [0.4, 0.5) is 5.82 Å². The summed E-state index contributed by atoms with van der Waals surface area (Å²) in [7, 11) is 6.13. The number of anilines is 1. The van der Waals surface area contributed by atoms with Gasteiger partial charge in [-0.15, -0.1) is 0 Å². The first kappa shape index (κ1) is 15.9. The standard InChI is InChI=1S/C18H26N4O/c1-13-15(18(21(2)3)22(4)20-13)12-19-16-9-7-11-23-17-10-6-5-8-14(16)17/h5-6,8,10,16,19H,7,9,11-12H2,1-4H3. The zero-order chi connectivity index (χ0) is 16.4. The van der Waals surface area contributed by atoms with Crippen LogP contribution in [-0.4, -0.2) is 30.5 Å². The Labute approximate surface area is 138 Å². The van der Waals surface area contributed by atoms with E-state index in [1.807, 2.05) is 17.8 Å². The monoisotopic (exact) mass is 314 g/mol. The molecule has 1 aliphatic heterocycles. The Bertz CT molecular complexity index is 678. The molecule has 1 aliphatic rings. The van der Waals surface area contributed by atoms with Crippen molar-refractivity contribution in [3.63, 3.8) is 0 Å². The fourth-order valence-corrected chi connectivity index (χ4v) is 3.42. The van der Waals surface area contributed by atoms with Gasteiger partial charge >= 0.3 is 0 Å². The Balaban J connectivity index is 1.82. The second kappa shape index (κ2) is 6.62. The number of benzene rings is 1. The van der Waals surface area contributed by atoms with Crippen molar-refractivity contribution in [2.45, 2.75) is 32.4 Å². The molecule has 2 heterocycles. The van der Waals surface area contributed by atoms with Crippen molar-refractivity contribution in [3.05, 3.63) is 41.1 Å². The van der Waals surface area contributed by atoms with Crippen molar-refractivity contribution in [1.29, 1.82) is 0 Å². The van der Waals surface area contributed by atoms with Crippen LogP contribution in [0.1, 0.15) is 35.7 Å². The van der Waals surface area contributed by atoms with Crippen LogP contribution < -0.4 is 15.0 Å². The molecule has 0 spiro atoms. The zero-order valence-electron chi connectivity index (χ0n) is 14.5. The summed E-state index contributed by atoms with van der Waals surface area (Å²) >= 11 is 0. The number of nitrogens with zero attached hydrogens (tertiary/aromatic N) is 3. The van der Waals surface area contributed by atoms with E-state index in [0.717, 1.165) is 43.3 Å². The average molecular weight is 314 g/mol. The van der Waals surface area contributed by atoms with Gasteiger partial charge in [0.2, 0.25) is 0 Å². The van der Waals surface area contributed by atoms with Crippen molar-refractivity contribution < 1.29 is 4.74 Å². The SMILES string of the molecule is Cc1nn(C)c(N(C)C)c1CNC1CCCOc2ccccc21. The lowest BCUT2D eigenvalue weighted by Gasteiger charge is -2.20. The van der Waals surface area contributed by atoms with E-state index in [9.17, 15) is 0 Å². The van der Waals surface area contributed by atoms with E-state index >= 15 is 0 Å². The van der Waals surface area contributed by atoms with Crippen LogP contribution >= 0.6 is 0 Å². The molecule has 1 aromatic heterocycles. The van der Waals surface area contributed by atoms with Gasteiger partial charge in [0, 0.05) is 44.9 Å². The summed E-state index contributed by atoms with van der Waals surface area (Å²) in [6.07, 6.45) is 2.16. The lowest BCUT2D eigenvalue weighted by molar-refractivity contribution is 0.315. The third-order valence-corrected chi connectivity index (χ3v) is 4.45. The normalized spacial score (nSPS) is 17.3. The highest BCUT2D eigenvalue weighted by Gasteiger charge is 2.21. The Kier molecular flexibility index (Phi) is 4.57. The highest BCUT2D eigenvalue weighted by Crippen LogP contribution is 2.32. The van der Waals surface area contributed by atoms with Gasteiger partial charge in [0.05, 0.1) is 12.3 Å². The molecule has 1 aromatic carbocycles. The minimum atomic E-state index is 0.323. The van der Waals surface area contributed by atoms with Gasteiger partial charge in [0.15, 0.2) is 0 Å². The minimum Gasteiger partial charge on any atom is -0.493 e. The summed E-state index contributed by atoms with van der Waals surface area (Å²) in [6, 6.07) is 8.68. The van der Waals surface area contributed by atoms with Crippen molar-refractivity contribution in [1.82, 2.24) is 15.1 Å². The molecule has 0 aliphatic carbocycles. The molecular weight excluding hydrogens is 288 g/mol. The summed E-state index contributed by atoms with van der Waals surface area (Å²) in [5.74, 6) is 2.17. The number of para-hydroxylation sites is 1. The topological polar surface area (TPSA) is 42.3 Å². The molecule has 0 amide bonds. The second-order valence-corrected chi connectivity index (χ2v) is 6.37. The van der Waals surface area contributed by atoms with E-state index in [2.05, 4.69) is 54.5 Å². The number of hydrogen-bond acceptors (Lipinski definition) is 4. The van der Waals surface area contributed by atoms with Gasteiger partial charge in [-0.25, -0.2) is 0 Å². The van der Waals surface area contributed by atoms with Crippen LogP contribution in [-0.2, 0) is 13.6 Å². The van der Waals surface area contributed by atoms with Gasteiger partial charge in [-0.05, 0) is 25.8 Å². The van der Waals surface area contributed by atoms with Gasteiger partial charge in [-0.1, -0.05) is 18.2 Å². The van der Waals surface area contributed by atoms with Crippen LogP contribution in [0.15, 0.2) is 24.3 Å². The maximum Gasteiger partial charge on any atom is 0.130 e. The molecule has 5 nitrogen and oxygen atoms in total. The molecule has 0 fully saturated rings. The second-order valence-electron chi connectivity index (χ2n) is 6.37. The molecule has 3 rings (SSSR count).